The second-order valence-corrected chi connectivity index (χ2v) is 9.56. The molecule has 8 nitrogen and oxygen atoms in total. The molecule has 1 unspecified atom stereocenters. The average molecular weight is 429 g/mol. The summed E-state index contributed by atoms with van der Waals surface area (Å²) in [6.07, 6.45) is 8.41. The van der Waals surface area contributed by atoms with Crippen molar-refractivity contribution in [2.24, 2.45) is 5.92 Å². The van der Waals surface area contributed by atoms with Crippen LogP contribution >= 0.6 is 0 Å². The van der Waals surface area contributed by atoms with E-state index in [-0.39, 0.29) is 41.4 Å². The van der Waals surface area contributed by atoms with Crippen molar-refractivity contribution < 1.29 is 14.3 Å². The number of hydrogen-bond acceptors (Lipinski definition) is 5. The van der Waals surface area contributed by atoms with Crippen LogP contribution in [0.2, 0.25) is 0 Å². The minimum atomic E-state index is -0.255. The molecule has 1 saturated carbocycles. The predicted octanol–water partition coefficient (Wildman–Crippen LogP) is 1.36. The first kappa shape index (κ1) is 20.7. The van der Waals surface area contributed by atoms with Gasteiger partial charge < -0.3 is 15.0 Å². The third-order valence-electron chi connectivity index (χ3n) is 7.53. The third kappa shape index (κ3) is 4.27. The summed E-state index contributed by atoms with van der Waals surface area (Å²) in [5.74, 6) is -0.161. The zero-order valence-electron chi connectivity index (χ0n) is 18.1. The maximum Gasteiger partial charge on any atom is 0.267 e. The van der Waals surface area contributed by atoms with Crippen LogP contribution in [-0.4, -0.2) is 58.3 Å². The molecule has 31 heavy (non-hydrogen) atoms. The molecule has 0 spiro atoms. The van der Waals surface area contributed by atoms with Crippen molar-refractivity contribution in [1.82, 2.24) is 20.0 Å². The predicted molar refractivity (Wildman–Crippen MR) is 114 cm³/mol. The molecule has 168 valence electrons. The first-order chi connectivity index (χ1) is 15.1. The van der Waals surface area contributed by atoms with Crippen LogP contribution < -0.4 is 10.9 Å². The van der Waals surface area contributed by atoms with E-state index in [2.05, 4.69) is 10.4 Å². The second-order valence-electron chi connectivity index (χ2n) is 9.56. The zero-order valence-corrected chi connectivity index (χ0v) is 18.1. The lowest BCUT2D eigenvalue weighted by atomic mass is 9.90. The van der Waals surface area contributed by atoms with Crippen molar-refractivity contribution in [2.75, 3.05) is 19.8 Å². The van der Waals surface area contributed by atoms with Crippen molar-refractivity contribution in [3.8, 4) is 0 Å². The molecule has 2 aliphatic heterocycles. The highest BCUT2D eigenvalue weighted by molar-refractivity contribution is 5.89. The topological polar surface area (TPSA) is 93.5 Å². The van der Waals surface area contributed by atoms with E-state index in [1.165, 1.54) is 0 Å². The number of aryl methyl sites for hydroxylation is 2. The van der Waals surface area contributed by atoms with Crippen molar-refractivity contribution in [2.45, 2.75) is 82.3 Å². The van der Waals surface area contributed by atoms with Gasteiger partial charge in [-0.2, -0.15) is 5.10 Å². The standard InChI is InChI=1S/C23H32N4O4/c28-21-13-16(14-26(21)18-8-10-31-11-9-18)23(30)24-17-4-6-19(7-5-17)27-22(29)12-15-2-1-3-20(15)25-27/h12,16-19H,1-11,13-14H2,(H,24,30). The Morgan fingerprint density at radius 2 is 1.81 bits per heavy atom. The molecule has 3 heterocycles. The van der Waals surface area contributed by atoms with Gasteiger partial charge in [-0.05, 0) is 63.4 Å². The minimum absolute atomic E-state index is 0.000757. The normalized spacial score (nSPS) is 29.2. The van der Waals surface area contributed by atoms with E-state index in [1.807, 2.05) is 4.90 Å². The number of hydrogen-bond donors (Lipinski definition) is 1. The monoisotopic (exact) mass is 428 g/mol. The van der Waals surface area contributed by atoms with Crippen LogP contribution in [0, 0.1) is 5.92 Å². The molecular formula is C23H32N4O4. The zero-order chi connectivity index (χ0) is 21.4. The Labute approximate surface area is 182 Å². The van der Waals surface area contributed by atoms with Gasteiger partial charge in [0.1, 0.15) is 0 Å². The molecule has 3 fully saturated rings. The number of rotatable bonds is 4. The van der Waals surface area contributed by atoms with Gasteiger partial charge in [-0.1, -0.05) is 0 Å². The summed E-state index contributed by atoms with van der Waals surface area (Å²) in [4.78, 5) is 39.7. The third-order valence-corrected chi connectivity index (χ3v) is 7.53. The van der Waals surface area contributed by atoms with Gasteiger partial charge in [-0.3, -0.25) is 14.4 Å². The maximum atomic E-state index is 12.8. The molecular weight excluding hydrogens is 396 g/mol. The average Bonchev–Trinajstić information content (AvgIpc) is 3.40. The number of amides is 2. The summed E-state index contributed by atoms with van der Waals surface area (Å²) >= 11 is 0. The first-order valence-electron chi connectivity index (χ1n) is 11.9. The van der Waals surface area contributed by atoms with Gasteiger partial charge in [0.05, 0.1) is 17.7 Å². The highest BCUT2D eigenvalue weighted by Gasteiger charge is 2.39. The van der Waals surface area contributed by atoms with E-state index in [4.69, 9.17) is 4.74 Å². The highest BCUT2D eigenvalue weighted by atomic mass is 16.5. The van der Waals surface area contributed by atoms with E-state index >= 15 is 0 Å². The number of nitrogens with one attached hydrogen (secondary N) is 1. The van der Waals surface area contributed by atoms with E-state index < -0.39 is 0 Å². The van der Waals surface area contributed by atoms with Crippen molar-refractivity contribution in [3.05, 3.63) is 27.7 Å². The molecule has 2 amide bonds. The molecule has 2 saturated heterocycles. The Morgan fingerprint density at radius 3 is 2.58 bits per heavy atom. The minimum Gasteiger partial charge on any atom is -0.381 e. The van der Waals surface area contributed by atoms with Gasteiger partial charge >= 0.3 is 0 Å². The van der Waals surface area contributed by atoms with Crippen LogP contribution in [0.25, 0.3) is 0 Å². The Bertz CT molecular complexity index is 899. The summed E-state index contributed by atoms with van der Waals surface area (Å²) in [6.45, 7) is 1.91. The number of fused-ring (bicyclic) bond motifs is 1. The SMILES string of the molecule is O=C(NC1CCC(n2nc3c(cc2=O)CCC3)CC1)C1CC(=O)N(C2CCOCC2)C1. The summed E-state index contributed by atoms with van der Waals surface area (Å²) in [7, 11) is 0. The largest absolute Gasteiger partial charge is 0.381 e. The smallest absolute Gasteiger partial charge is 0.267 e. The van der Waals surface area contributed by atoms with Crippen LogP contribution in [0.3, 0.4) is 0 Å². The summed E-state index contributed by atoms with van der Waals surface area (Å²) < 4.78 is 7.08. The molecule has 1 aromatic rings. The second kappa shape index (κ2) is 8.73. The van der Waals surface area contributed by atoms with E-state index in [1.54, 1.807) is 10.7 Å². The molecule has 0 radical (unpaired) electrons. The lowest BCUT2D eigenvalue weighted by Gasteiger charge is -2.32. The summed E-state index contributed by atoms with van der Waals surface area (Å²) in [6, 6.07) is 2.21. The van der Waals surface area contributed by atoms with E-state index in [0.29, 0.717) is 26.2 Å². The lowest BCUT2D eigenvalue weighted by Crippen LogP contribution is -2.44. The fourth-order valence-corrected chi connectivity index (χ4v) is 5.72. The molecule has 0 aromatic carbocycles. The van der Waals surface area contributed by atoms with Crippen LogP contribution in [0.5, 0.6) is 0 Å². The van der Waals surface area contributed by atoms with Gasteiger partial charge in [0.25, 0.3) is 5.56 Å². The first-order valence-corrected chi connectivity index (χ1v) is 11.9. The van der Waals surface area contributed by atoms with Crippen molar-refractivity contribution >= 4 is 11.8 Å². The van der Waals surface area contributed by atoms with Gasteiger partial charge in [-0.15, -0.1) is 0 Å². The Hall–Kier alpha value is -2.22. The Morgan fingerprint density at radius 1 is 1.03 bits per heavy atom. The van der Waals surface area contributed by atoms with Crippen molar-refractivity contribution in [1.29, 1.82) is 0 Å². The van der Waals surface area contributed by atoms with Crippen LogP contribution in [-0.2, 0) is 27.2 Å². The van der Waals surface area contributed by atoms with Crippen LogP contribution in [0.1, 0.15) is 68.7 Å². The number of ether oxygens (including phenoxy) is 1. The molecule has 2 aliphatic carbocycles. The fraction of sp³-hybridized carbons (Fsp3) is 0.739. The fourth-order valence-electron chi connectivity index (χ4n) is 5.72. The maximum absolute atomic E-state index is 12.8. The van der Waals surface area contributed by atoms with E-state index in [9.17, 15) is 14.4 Å². The number of carbonyl (C=O) groups excluding carboxylic acids is 2. The van der Waals surface area contributed by atoms with Crippen LogP contribution in [0.4, 0.5) is 0 Å². The molecule has 4 aliphatic rings. The quantitative estimate of drug-likeness (QED) is 0.782. The Balaban J connectivity index is 1.14. The lowest BCUT2D eigenvalue weighted by molar-refractivity contribution is -0.131. The number of carbonyl (C=O) groups is 2. The Kier molecular flexibility index (Phi) is 5.82. The van der Waals surface area contributed by atoms with Crippen LogP contribution in [0.15, 0.2) is 10.9 Å². The molecule has 8 heteroatoms. The van der Waals surface area contributed by atoms with E-state index in [0.717, 1.165) is 69.0 Å². The summed E-state index contributed by atoms with van der Waals surface area (Å²) in [5, 5.41) is 7.83. The molecule has 1 aromatic heterocycles. The van der Waals surface area contributed by atoms with Gasteiger partial charge in [0, 0.05) is 44.3 Å². The summed E-state index contributed by atoms with van der Waals surface area (Å²) in [5.41, 5.74) is 2.20. The number of likely N-dealkylation sites (tertiary alicyclic amines) is 1. The molecule has 5 rings (SSSR count). The van der Waals surface area contributed by atoms with Crippen molar-refractivity contribution in [3.63, 3.8) is 0 Å². The van der Waals surface area contributed by atoms with Gasteiger partial charge in [0.15, 0.2) is 0 Å². The molecule has 0 bridgehead atoms. The van der Waals surface area contributed by atoms with Gasteiger partial charge in [0.2, 0.25) is 11.8 Å². The number of aromatic nitrogens is 2. The number of nitrogens with zero attached hydrogens (tertiary/aromatic N) is 3. The molecule has 1 N–H and O–H groups in total. The van der Waals surface area contributed by atoms with Gasteiger partial charge in [-0.25, -0.2) is 4.68 Å². The highest BCUT2D eigenvalue weighted by Crippen LogP contribution is 2.29. The molecule has 1 atom stereocenters.